The molecule has 0 unspecified atom stereocenters. The van der Waals surface area contributed by atoms with Gasteiger partial charge in [0.25, 0.3) is 0 Å². The molecule has 0 radical (unpaired) electrons. The molecule has 0 heterocycles. The lowest BCUT2D eigenvalue weighted by Gasteiger charge is -2.11. The molecule has 3 heteroatoms. The number of methoxy groups -OCH3 is 1. The van der Waals surface area contributed by atoms with Crippen molar-refractivity contribution in [3.05, 3.63) is 59.4 Å². The Morgan fingerprint density at radius 3 is 2.47 bits per heavy atom. The van der Waals surface area contributed by atoms with Gasteiger partial charge in [0, 0.05) is 5.56 Å². The summed E-state index contributed by atoms with van der Waals surface area (Å²) in [5.74, 6) is 0.153. The van der Waals surface area contributed by atoms with E-state index in [1.165, 1.54) is 13.2 Å². The fraction of sp³-hybridized carbons (Fsp3) is 0.143. The molecule has 1 aliphatic rings. The Morgan fingerprint density at radius 1 is 1.18 bits per heavy atom. The van der Waals surface area contributed by atoms with Gasteiger partial charge < -0.3 is 4.74 Å². The number of rotatable bonds is 3. The molecule has 0 amide bonds. The average molecular weight is 228 g/mol. The van der Waals surface area contributed by atoms with Gasteiger partial charge in [0.2, 0.25) is 0 Å². The monoisotopic (exact) mass is 228 g/mol. The van der Waals surface area contributed by atoms with E-state index in [-0.39, 0.29) is 23.6 Å². The van der Waals surface area contributed by atoms with Gasteiger partial charge in [-0.15, -0.1) is 0 Å². The maximum Gasteiger partial charge on any atom is 0.196 e. The lowest BCUT2D eigenvalue weighted by molar-refractivity contribution is -0.115. The van der Waals surface area contributed by atoms with Crippen LogP contribution < -0.4 is 0 Å². The van der Waals surface area contributed by atoms with Crippen LogP contribution in [0.3, 0.4) is 0 Å². The number of hydrogen-bond acceptors (Lipinski definition) is 3. The highest BCUT2D eigenvalue weighted by Gasteiger charge is 2.22. The van der Waals surface area contributed by atoms with Gasteiger partial charge in [-0.05, 0) is 12.2 Å². The molecule has 0 saturated heterocycles. The maximum atomic E-state index is 12.0. The van der Waals surface area contributed by atoms with Gasteiger partial charge in [0.05, 0.1) is 19.1 Å². The van der Waals surface area contributed by atoms with Crippen LogP contribution in [0.5, 0.6) is 0 Å². The fourth-order valence-corrected chi connectivity index (χ4v) is 1.67. The van der Waals surface area contributed by atoms with E-state index in [2.05, 4.69) is 0 Å². The number of Topliss-reactive ketones (excluding diaryl/α,β-unsaturated/α-hetero) is 2. The van der Waals surface area contributed by atoms with Crippen molar-refractivity contribution < 1.29 is 14.3 Å². The summed E-state index contributed by atoms with van der Waals surface area (Å²) in [6.07, 6.45) is 3.35. The summed E-state index contributed by atoms with van der Waals surface area (Å²) in [5.41, 5.74) is 0.748. The van der Waals surface area contributed by atoms with E-state index < -0.39 is 0 Å². The highest BCUT2D eigenvalue weighted by Crippen LogP contribution is 2.19. The standard InChI is InChI=1S/C14H12O3/c1-17-11-7-8-12(13(15)9-11)14(16)10-5-3-2-4-6-10/h2-8H,9H2,1H3. The molecular formula is C14H12O3. The second kappa shape index (κ2) is 4.78. The van der Waals surface area contributed by atoms with Crippen LogP contribution in [0.2, 0.25) is 0 Å². The van der Waals surface area contributed by atoms with Crippen molar-refractivity contribution in [3.8, 4) is 0 Å². The van der Waals surface area contributed by atoms with Crippen LogP contribution in [0, 0.1) is 0 Å². The first-order valence-corrected chi connectivity index (χ1v) is 5.30. The number of ketones is 2. The number of ether oxygens (including phenoxy) is 1. The Labute approximate surface area is 99.4 Å². The van der Waals surface area contributed by atoms with Gasteiger partial charge in [0.15, 0.2) is 11.6 Å². The predicted molar refractivity (Wildman–Crippen MR) is 63.6 cm³/mol. The molecule has 0 atom stereocenters. The molecule has 1 aromatic carbocycles. The minimum Gasteiger partial charge on any atom is -0.501 e. The van der Waals surface area contributed by atoms with Crippen LogP contribution in [-0.4, -0.2) is 18.7 Å². The number of allylic oxidation sites excluding steroid dienone is 4. The molecular weight excluding hydrogens is 216 g/mol. The highest BCUT2D eigenvalue weighted by molar-refractivity contribution is 6.27. The summed E-state index contributed by atoms with van der Waals surface area (Å²) in [4.78, 5) is 23.8. The molecule has 0 N–H and O–H groups in total. The smallest absolute Gasteiger partial charge is 0.196 e. The number of carbonyl (C=O) groups is 2. The van der Waals surface area contributed by atoms with E-state index in [4.69, 9.17) is 4.74 Å². The van der Waals surface area contributed by atoms with Crippen LogP contribution in [0.1, 0.15) is 16.8 Å². The summed E-state index contributed by atoms with van der Waals surface area (Å²) in [6, 6.07) is 8.78. The molecule has 0 aliphatic heterocycles. The summed E-state index contributed by atoms with van der Waals surface area (Å²) < 4.78 is 4.98. The maximum absolute atomic E-state index is 12.0. The van der Waals surface area contributed by atoms with E-state index in [1.807, 2.05) is 6.07 Å². The summed E-state index contributed by atoms with van der Waals surface area (Å²) >= 11 is 0. The zero-order chi connectivity index (χ0) is 12.3. The molecule has 3 nitrogen and oxygen atoms in total. The quantitative estimate of drug-likeness (QED) is 0.589. The first-order chi connectivity index (χ1) is 8.22. The molecule has 86 valence electrons. The normalized spacial score (nSPS) is 15.0. The third kappa shape index (κ3) is 2.33. The van der Waals surface area contributed by atoms with E-state index in [1.54, 1.807) is 30.3 Å². The first kappa shape index (κ1) is 11.3. The third-order valence-corrected chi connectivity index (χ3v) is 2.61. The zero-order valence-corrected chi connectivity index (χ0v) is 9.47. The van der Waals surface area contributed by atoms with Crippen molar-refractivity contribution in [2.45, 2.75) is 6.42 Å². The van der Waals surface area contributed by atoms with Crippen molar-refractivity contribution in [2.24, 2.45) is 0 Å². The van der Waals surface area contributed by atoms with Crippen LogP contribution in [0.25, 0.3) is 0 Å². The average Bonchev–Trinajstić information content (AvgIpc) is 2.39. The molecule has 17 heavy (non-hydrogen) atoms. The van der Waals surface area contributed by atoms with E-state index in [0.29, 0.717) is 11.3 Å². The number of benzene rings is 1. The van der Waals surface area contributed by atoms with Gasteiger partial charge in [-0.3, -0.25) is 9.59 Å². The second-order valence-electron chi connectivity index (χ2n) is 3.71. The minimum atomic E-state index is -0.234. The summed E-state index contributed by atoms with van der Waals surface area (Å²) in [7, 11) is 1.51. The third-order valence-electron chi connectivity index (χ3n) is 2.61. The zero-order valence-electron chi connectivity index (χ0n) is 9.47. The Morgan fingerprint density at radius 2 is 1.88 bits per heavy atom. The van der Waals surface area contributed by atoms with Crippen molar-refractivity contribution in [2.75, 3.05) is 7.11 Å². The van der Waals surface area contributed by atoms with Gasteiger partial charge >= 0.3 is 0 Å². The van der Waals surface area contributed by atoms with Crippen LogP contribution in [0.4, 0.5) is 0 Å². The molecule has 0 aromatic heterocycles. The molecule has 0 fully saturated rings. The van der Waals surface area contributed by atoms with Crippen molar-refractivity contribution in [3.63, 3.8) is 0 Å². The van der Waals surface area contributed by atoms with Crippen molar-refractivity contribution in [1.29, 1.82) is 0 Å². The van der Waals surface area contributed by atoms with Gasteiger partial charge in [-0.25, -0.2) is 0 Å². The topological polar surface area (TPSA) is 43.4 Å². The summed E-state index contributed by atoms with van der Waals surface area (Å²) in [6.45, 7) is 0. The molecule has 0 spiro atoms. The molecule has 2 rings (SSSR count). The molecule has 0 saturated carbocycles. The molecule has 1 aliphatic carbocycles. The van der Waals surface area contributed by atoms with Gasteiger partial charge in [0.1, 0.15) is 5.76 Å². The number of carbonyl (C=O) groups excluding carboxylic acids is 2. The molecule has 0 bridgehead atoms. The SMILES string of the molecule is COC1=CC=C(C(=O)c2ccccc2)C(=O)C1. The Balaban J connectivity index is 2.30. The van der Waals surface area contributed by atoms with Crippen LogP contribution in [0.15, 0.2) is 53.8 Å². The first-order valence-electron chi connectivity index (χ1n) is 5.30. The van der Waals surface area contributed by atoms with Crippen LogP contribution in [-0.2, 0) is 9.53 Å². The number of hydrogen-bond donors (Lipinski definition) is 0. The van der Waals surface area contributed by atoms with Crippen molar-refractivity contribution in [1.82, 2.24) is 0 Å². The van der Waals surface area contributed by atoms with E-state index in [9.17, 15) is 9.59 Å². The Hall–Kier alpha value is -2.16. The predicted octanol–water partition coefficient (Wildman–Crippen LogP) is 2.30. The second-order valence-corrected chi connectivity index (χ2v) is 3.71. The van der Waals surface area contributed by atoms with Crippen molar-refractivity contribution >= 4 is 11.6 Å². The fourth-order valence-electron chi connectivity index (χ4n) is 1.67. The lowest BCUT2D eigenvalue weighted by atomic mass is 9.94. The lowest BCUT2D eigenvalue weighted by Crippen LogP contribution is -2.16. The summed E-state index contributed by atoms with van der Waals surface area (Å²) in [5, 5.41) is 0. The van der Waals surface area contributed by atoms with Gasteiger partial charge in [-0.2, -0.15) is 0 Å². The Kier molecular flexibility index (Phi) is 3.19. The van der Waals surface area contributed by atoms with E-state index in [0.717, 1.165) is 0 Å². The minimum absolute atomic E-state index is 0.154. The largest absolute Gasteiger partial charge is 0.501 e. The van der Waals surface area contributed by atoms with Gasteiger partial charge in [-0.1, -0.05) is 30.3 Å². The van der Waals surface area contributed by atoms with Crippen LogP contribution >= 0.6 is 0 Å². The Bertz CT molecular complexity index is 510. The highest BCUT2D eigenvalue weighted by atomic mass is 16.5. The van der Waals surface area contributed by atoms with E-state index >= 15 is 0 Å². The molecule has 1 aromatic rings.